The predicted octanol–water partition coefficient (Wildman–Crippen LogP) is 2.71. The van der Waals surface area contributed by atoms with Crippen molar-refractivity contribution >= 4 is 17.4 Å². The van der Waals surface area contributed by atoms with E-state index in [1.54, 1.807) is 40.6 Å². The van der Waals surface area contributed by atoms with Crippen molar-refractivity contribution in [2.24, 2.45) is 0 Å². The summed E-state index contributed by atoms with van der Waals surface area (Å²) >= 11 is 0. The molecule has 2 saturated carbocycles. The van der Waals surface area contributed by atoms with Gasteiger partial charge in [0.15, 0.2) is 0 Å². The van der Waals surface area contributed by atoms with Crippen LogP contribution in [-0.4, -0.2) is 56.9 Å². The van der Waals surface area contributed by atoms with Crippen molar-refractivity contribution in [3.8, 4) is 5.88 Å². The number of nitrogens with one attached hydrogen (secondary N) is 1. The van der Waals surface area contributed by atoms with Gasteiger partial charge in [-0.3, -0.25) is 14.0 Å². The van der Waals surface area contributed by atoms with Crippen molar-refractivity contribution < 1.29 is 19.0 Å². The van der Waals surface area contributed by atoms with Gasteiger partial charge in [-0.05, 0) is 51.7 Å². The maximum absolute atomic E-state index is 13.3. The molecule has 10 heteroatoms. The number of rotatable bonds is 8. The lowest BCUT2D eigenvalue weighted by Gasteiger charge is -2.43. The van der Waals surface area contributed by atoms with Crippen molar-refractivity contribution in [1.29, 1.82) is 0 Å². The number of anilines is 1. The van der Waals surface area contributed by atoms with Crippen molar-refractivity contribution in [3.63, 3.8) is 0 Å². The van der Waals surface area contributed by atoms with E-state index in [0.717, 1.165) is 31.4 Å². The molecule has 0 aromatic carbocycles. The van der Waals surface area contributed by atoms with Gasteiger partial charge in [-0.25, -0.2) is 4.98 Å². The first-order valence-electron chi connectivity index (χ1n) is 12.0. The summed E-state index contributed by atoms with van der Waals surface area (Å²) in [5.41, 5.74) is 0.760. The zero-order chi connectivity index (χ0) is 24.4. The van der Waals surface area contributed by atoms with Crippen LogP contribution < -0.4 is 15.6 Å². The van der Waals surface area contributed by atoms with Gasteiger partial charge in [0, 0.05) is 37.2 Å². The molecule has 0 atom stereocenters. The number of ether oxygens (including phenoxy) is 3. The summed E-state index contributed by atoms with van der Waals surface area (Å²) in [4.78, 5) is 35.5. The Labute approximate surface area is 202 Å². The summed E-state index contributed by atoms with van der Waals surface area (Å²) in [6.07, 6.45) is 8.80. The fourth-order valence-electron chi connectivity index (χ4n) is 5.41. The standard InChI is InChI=1S/C25H29N5O5/c1-15(2)35-21-17(20(31)26-18-5-4-8-30(22(18)32)16-6-7-16)9-29-10-19(27-23(29)28-21)24-11-25(12-24,14-33-3)34-13-24/h4-5,8-10,15-16H,6-7,11-14H2,1-3H3,(H,26,31). The maximum Gasteiger partial charge on any atom is 0.274 e. The molecule has 4 aliphatic rings. The van der Waals surface area contributed by atoms with Gasteiger partial charge in [0.2, 0.25) is 11.7 Å². The SMILES string of the molecule is COCC12CC(c3cn4cc(C(=O)Nc5cccn(C6CC6)c5=O)c(OC(C)C)nc4n3)(CO1)C2. The minimum absolute atomic E-state index is 0.161. The molecule has 1 amide bonds. The molecule has 3 aromatic heterocycles. The molecule has 0 unspecified atom stereocenters. The predicted molar refractivity (Wildman–Crippen MR) is 127 cm³/mol. The van der Waals surface area contributed by atoms with Crippen LogP contribution in [0.4, 0.5) is 5.69 Å². The highest BCUT2D eigenvalue weighted by molar-refractivity contribution is 6.05. The third-order valence-electron chi connectivity index (χ3n) is 7.09. The second-order valence-corrected chi connectivity index (χ2v) is 10.3. The molecular weight excluding hydrogens is 450 g/mol. The van der Waals surface area contributed by atoms with Crippen molar-refractivity contribution in [2.75, 3.05) is 25.6 Å². The fraction of sp³-hybridized carbons (Fsp3) is 0.520. The number of nitrogens with zero attached hydrogens (tertiary/aromatic N) is 4. The van der Waals surface area contributed by atoms with E-state index in [4.69, 9.17) is 19.2 Å². The highest BCUT2D eigenvalue weighted by Crippen LogP contribution is 2.58. The van der Waals surface area contributed by atoms with Crippen LogP contribution in [0.15, 0.2) is 35.5 Å². The maximum atomic E-state index is 13.3. The number of hydrogen-bond donors (Lipinski definition) is 1. The second-order valence-electron chi connectivity index (χ2n) is 10.3. The zero-order valence-electron chi connectivity index (χ0n) is 20.1. The van der Waals surface area contributed by atoms with Gasteiger partial charge in [-0.1, -0.05) is 0 Å². The van der Waals surface area contributed by atoms with Crippen LogP contribution >= 0.6 is 0 Å². The summed E-state index contributed by atoms with van der Waals surface area (Å²) in [5.74, 6) is 0.178. The Bertz CT molecular complexity index is 1370. The van der Waals surface area contributed by atoms with E-state index < -0.39 is 5.91 Å². The highest BCUT2D eigenvalue weighted by atomic mass is 16.5. The average molecular weight is 480 g/mol. The molecule has 3 aromatic rings. The molecule has 4 fully saturated rings. The van der Waals surface area contributed by atoms with Crippen LogP contribution in [0.1, 0.15) is 61.6 Å². The number of carbonyl (C=O) groups is 1. The summed E-state index contributed by atoms with van der Waals surface area (Å²) in [5, 5.41) is 2.76. The van der Waals surface area contributed by atoms with Crippen LogP contribution in [0.3, 0.4) is 0 Å². The summed E-state index contributed by atoms with van der Waals surface area (Å²) < 4.78 is 20.7. The number of hydrogen-bond acceptors (Lipinski definition) is 7. The van der Waals surface area contributed by atoms with Gasteiger partial charge in [0.1, 0.15) is 11.3 Å². The van der Waals surface area contributed by atoms with Gasteiger partial charge in [-0.15, -0.1) is 0 Å². The third kappa shape index (κ3) is 3.71. The number of pyridine rings is 1. The molecule has 0 spiro atoms. The van der Waals surface area contributed by atoms with Crippen molar-refractivity contribution in [3.05, 3.63) is 52.3 Å². The first-order valence-corrected chi connectivity index (χ1v) is 12.0. The molecule has 1 N–H and O–H groups in total. The molecule has 7 rings (SSSR count). The Morgan fingerprint density at radius 2 is 2.09 bits per heavy atom. The lowest BCUT2D eigenvalue weighted by Crippen LogP contribution is -2.49. The topological polar surface area (TPSA) is 109 Å². The lowest BCUT2D eigenvalue weighted by atomic mass is 9.61. The van der Waals surface area contributed by atoms with Gasteiger partial charge in [-0.2, -0.15) is 4.98 Å². The summed E-state index contributed by atoms with van der Waals surface area (Å²) in [6, 6.07) is 3.61. The number of imidazole rings is 1. The third-order valence-corrected chi connectivity index (χ3v) is 7.09. The normalized spacial score (nSPS) is 25.1. The van der Waals surface area contributed by atoms with Crippen LogP contribution in [0.5, 0.6) is 5.88 Å². The Morgan fingerprint density at radius 1 is 1.29 bits per heavy atom. The van der Waals surface area contributed by atoms with E-state index in [1.165, 1.54) is 0 Å². The van der Waals surface area contributed by atoms with Crippen LogP contribution in [0.25, 0.3) is 5.78 Å². The number of aromatic nitrogens is 4. The molecule has 2 bridgehead atoms. The number of carbonyl (C=O) groups excluding carboxylic acids is 1. The molecule has 2 aliphatic carbocycles. The molecular formula is C25H29N5O5. The van der Waals surface area contributed by atoms with Crippen LogP contribution in [0, 0.1) is 0 Å². The zero-order valence-corrected chi connectivity index (χ0v) is 20.1. The summed E-state index contributed by atoms with van der Waals surface area (Å²) in [7, 11) is 1.69. The van der Waals surface area contributed by atoms with E-state index >= 15 is 0 Å². The van der Waals surface area contributed by atoms with Gasteiger partial charge in [0.25, 0.3) is 11.5 Å². The monoisotopic (exact) mass is 479 g/mol. The van der Waals surface area contributed by atoms with Crippen LogP contribution in [0.2, 0.25) is 0 Å². The Hall–Kier alpha value is -3.24. The quantitative estimate of drug-likeness (QED) is 0.529. The molecule has 35 heavy (non-hydrogen) atoms. The van der Waals surface area contributed by atoms with Crippen LogP contribution in [-0.2, 0) is 14.9 Å². The number of fused-ring (bicyclic) bond motifs is 2. The number of amides is 1. The molecule has 0 radical (unpaired) electrons. The van der Waals surface area contributed by atoms with Crippen molar-refractivity contribution in [1.82, 2.24) is 18.9 Å². The molecule has 184 valence electrons. The highest BCUT2D eigenvalue weighted by Gasteiger charge is 2.64. The lowest BCUT2D eigenvalue weighted by molar-refractivity contribution is -0.0614. The molecule has 2 aliphatic heterocycles. The summed E-state index contributed by atoms with van der Waals surface area (Å²) in [6.45, 7) is 4.90. The van der Waals surface area contributed by atoms with Crippen molar-refractivity contribution in [2.45, 2.75) is 62.7 Å². The Morgan fingerprint density at radius 3 is 2.80 bits per heavy atom. The number of methoxy groups -OCH3 is 1. The minimum atomic E-state index is -0.457. The smallest absolute Gasteiger partial charge is 0.274 e. The Balaban J connectivity index is 1.33. The Kier molecular flexibility index (Phi) is 5.01. The van der Waals surface area contributed by atoms with E-state index in [-0.39, 0.29) is 45.9 Å². The average Bonchev–Trinajstić information content (AvgIpc) is 3.29. The van der Waals surface area contributed by atoms with E-state index in [0.29, 0.717) is 19.0 Å². The van der Waals surface area contributed by atoms with Gasteiger partial charge >= 0.3 is 0 Å². The van der Waals surface area contributed by atoms with Gasteiger partial charge in [0.05, 0.1) is 30.6 Å². The first-order chi connectivity index (χ1) is 16.8. The molecule has 5 heterocycles. The largest absolute Gasteiger partial charge is 0.474 e. The van der Waals surface area contributed by atoms with E-state index in [2.05, 4.69) is 10.3 Å². The first kappa shape index (κ1) is 22.2. The molecule has 10 nitrogen and oxygen atoms in total. The van der Waals surface area contributed by atoms with E-state index in [1.807, 2.05) is 20.0 Å². The second kappa shape index (κ2) is 7.89. The minimum Gasteiger partial charge on any atom is -0.474 e. The van der Waals surface area contributed by atoms with E-state index in [9.17, 15) is 9.59 Å². The van der Waals surface area contributed by atoms with Gasteiger partial charge < -0.3 is 24.1 Å². The molecule has 2 saturated heterocycles. The fourth-order valence-corrected chi connectivity index (χ4v) is 5.41.